The minimum Gasteiger partial charge on any atom is -0.381 e. The second-order valence-electron chi connectivity index (χ2n) is 5.91. The smallest absolute Gasteiger partial charge is 0.136 e. The van der Waals surface area contributed by atoms with Crippen LogP contribution in [0, 0.1) is 17.8 Å². The van der Waals surface area contributed by atoms with Crippen LogP contribution in [0.1, 0.15) is 58.3 Å². The van der Waals surface area contributed by atoms with Crippen LogP contribution in [0.15, 0.2) is 0 Å². The number of carbonyl (C=O) groups excluding carboxylic acids is 1. The largest absolute Gasteiger partial charge is 0.381 e. The molecule has 0 bridgehead atoms. The Bertz CT molecular complexity index is 262. The molecule has 2 saturated carbocycles. The quantitative estimate of drug-likeness (QED) is 0.751. The van der Waals surface area contributed by atoms with Crippen LogP contribution < -0.4 is 0 Å². The van der Waals surface area contributed by atoms with Gasteiger partial charge in [0.2, 0.25) is 0 Å². The lowest BCUT2D eigenvalue weighted by Gasteiger charge is -2.37. The summed E-state index contributed by atoms with van der Waals surface area (Å²) >= 11 is 0. The van der Waals surface area contributed by atoms with Gasteiger partial charge in [-0.05, 0) is 43.9 Å². The molecule has 0 amide bonds. The van der Waals surface area contributed by atoms with Gasteiger partial charge in [-0.25, -0.2) is 0 Å². The third-order valence-electron chi connectivity index (χ3n) is 4.95. The Hall–Kier alpha value is -0.370. The Labute approximate surface area is 105 Å². The normalized spacial score (nSPS) is 39.3. The van der Waals surface area contributed by atoms with Crippen molar-refractivity contribution in [2.75, 3.05) is 7.11 Å². The summed E-state index contributed by atoms with van der Waals surface area (Å²) < 4.78 is 5.49. The van der Waals surface area contributed by atoms with Gasteiger partial charge in [0.25, 0.3) is 0 Å². The zero-order valence-electron chi connectivity index (χ0n) is 11.3. The summed E-state index contributed by atoms with van der Waals surface area (Å²) in [4.78, 5) is 12.1. The van der Waals surface area contributed by atoms with E-state index in [1.807, 2.05) is 7.11 Å². The second kappa shape index (κ2) is 5.99. The van der Waals surface area contributed by atoms with Crippen molar-refractivity contribution in [3.63, 3.8) is 0 Å². The topological polar surface area (TPSA) is 26.3 Å². The van der Waals surface area contributed by atoms with Crippen LogP contribution in [0.2, 0.25) is 0 Å². The van der Waals surface area contributed by atoms with Gasteiger partial charge in [0.05, 0.1) is 6.10 Å². The lowest BCUT2D eigenvalue weighted by Crippen LogP contribution is -2.35. The van der Waals surface area contributed by atoms with Crippen LogP contribution in [0.25, 0.3) is 0 Å². The Morgan fingerprint density at radius 1 is 1.24 bits per heavy atom. The summed E-state index contributed by atoms with van der Waals surface area (Å²) in [5.41, 5.74) is 0. The monoisotopic (exact) mass is 238 g/mol. The molecule has 2 heteroatoms. The molecule has 2 aliphatic rings. The van der Waals surface area contributed by atoms with E-state index in [0.29, 0.717) is 23.7 Å². The number of carbonyl (C=O) groups is 1. The maximum Gasteiger partial charge on any atom is 0.136 e. The Balaban J connectivity index is 1.96. The standard InChI is InChI=1S/C15H26O2/c1-3-11-7-8-15(16)14(9-11)12-5-4-6-13(10-12)17-2/h11-14H,3-10H2,1-2H3. The van der Waals surface area contributed by atoms with E-state index in [0.717, 1.165) is 31.6 Å². The van der Waals surface area contributed by atoms with Gasteiger partial charge in [-0.15, -0.1) is 0 Å². The maximum atomic E-state index is 12.1. The fourth-order valence-corrected chi connectivity index (χ4v) is 3.73. The van der Waals surface area contributed by atoms with Gasteiger partial charge in [0, 0.05) is 19.4 Å². The van der Waals surface area contributed by atoms with Gasteiger partial charge < -0.3 is 4.74 Å². The van der Waals surface area contributed by atoms with Gasteiger partial charge in [-0.1, -0.05) is 19.8 Å². The zero-order valence-corrected chi connectivity index (χ0v) is 11.3. The van der Waals surface area contributed by atoms with E-state index >= 15 is 0 Å². The Kier molecular flexibility index (Phi) is 4.61. The molecule has 0 aromatic rings. The molecule has 98 valence electrons. The van der Waals surface area contributed by atoms with E-state index in [2.05, 4.69) is 6.92 Å². The van der Waals surface area contributed by atoms with Gasteiger partial charge >= 0.3 is 0 Å². The van der Waals surface area contributed by atoms with Crippen LogP contribution >= 0.6 is 0 Å². The maximum absolute atomic E-state index is 12.1. The number of ether oxygens (including phenoxy) is 1. The molecule has 17 heavy (non-hydrogen) atoms. The fourth-order valence-electron chi connectivity index (χ4n) is 3.73. The summed E-state index contributed by atoms with van der Waals surface area (Å²) in [5, 5.41) is 0. The molecule has 2 rings (SSSR count). The molecule has 0 spiro atoms. The first-order valence-electron chi connectivity index (χ1n) is 7.30. The van der Waals surface area contributed by atoms with Gasteiger partial charge in [0.1, 0.15) is 5.78 Å². The number of methoxy groups -OCH3 is 1. The number of hydrogen-bond donors (Lipinski definition) is 0. The molecular weight excluding hydrogens is 212 g/mol. The number of ketones is 1. The first-order chi connectivity index (χ1) is 8.24. The lowest BCUT2D eigenvalue weighted by atomic mass is 9.69. The predicted molar refractivity (Wildman–Crippen MR) is 68.9 cm³/mol. The van der Waals surface area contributed by atoms with Crippen molar-refractivity contribution < 1.29 is 9.53 Å². The molecule has 2 fully saturated rings. The minimum atomic E-state index is 0.353. The highest BCUT2D eigenvalue weighted by molar-refractivity contribution is 5.82. The van der Waals surface area contributed by atoms with Crippen LogP contribution in [0.4, 0.5) is 0 Å². The van der Waals surface area contributed by atoms with Crippen molar-refractivity contribution >= 4 is 5.78 Å². The average molecular weight is 238 g/mol. The molecule has 0 heterocycles. The SMILES string of the molecule is CCC1CCC(=O)C(C2CCCC(OC)C2)C1. The van der Waals surface area contributed by atoms with E-state index in [1.165, 1.54) is 25.7 Å². The van der Waals surface area contributed by atoms with Gasteiger partial charge in [-0.2, -0.15) is 0 Å². The minimum absolute atomic E-state index is 0.353. The molecule has 2 nitrogen and oxygen atoms in total. The third kappa shape index (κ3) is 3.09. The van der Waals surface area contributed by atoms with Gasteiger partial charge in [0.15, 0.2) is 0 Å². The fraction of sp³-hybridized carbons (Fsp3) is 0.933. The molecule has 2 aliphatic carbocycles. The molecule has 4 unspecified atom stereocenters. The highest BCUT2D eigenvalue weighted by atomic mass is 16.5. The van der Waals surface area contributed by atoms with Crippen LogP contribution in [-0.2, 0) is 9.53 Å². The predicted octanol–water partition coefficient (Wildman–Crippen LogP) is 3.59. The summed E-state index contributed by atoms with van der Waals surface area (Å²) in [6.45, 7) is 2.26. The molecule has 0 aromatic carbocycles. The molecule has 0 aromatic heterocycles. The average Bonchev–Trinajstić information content (AvgIpc) is 2.39. The summed E-state index contributed by atoms with van der Waals surface area (Å²) in [5.74, 6) is 2.29. The van der Waals surface area contributed by atoms with Crippen LogP contribution in [0.5, 0.6) is 0 Å². The summed E-state index contributed by atoms with van der Waals surface area (Å²) in [6.07, 6.45) is 9.54. The molecule has 0 aliphatic heterocycles. The zero-order chi connectivity index (χ0) is 12.3. The van der Waals surface area contributed by atoms with E-state index < -0.39 is 0 Å². The number of Topliss-reactive ketones (excluding diaryl/α,β-unsaturated/α-hetero) is 1. The van der Waals surface area contributed by atoms with Crippen molar-refractivity contribution in [3.8, 4) is 0 Å². The van der Waals surface area contributed by atoms with E-state index in [-0.39, 0.29) is 0 Å². The molecule has 0 N–H and O–H groups in total. The molecule has 0 saturated heterocycles. The van der Waals surface area contributed by atoms with E-state index in [4.69, 9.17) is 4.74 Å². The summed E-state index contributed by atoms with van der Waals surface area (Å²) in [6, 6.07) is 0. The highest BCUT2D eigenvalue weighted by Gasteiger charge is 2.36. The molecule has 0 radical (unpaired) electrons. The highest BCUT2D eigenvalue weighted by Crippen LogP contribution is 2.39. The van der Waals surface area contributed by atoms with Crippen LogP contribution in [-0.4, -0.2) is 19.0 Å². The third-order valence-corrected chi connectivity index (χ3v) is 4.95. The van der Waals surface area contributed by atoms with Crippen molar-refractivity contribution in [3.05, 3.63) is 0 Å². The van der Waals surface area contributed by atoms with E-state index in [1.54, 1.807) is 0 Å². The Morgan fingerprint density at radius 2 is 2.06 bits per heavy atom. The van der Waals surface area contributed by atoms with Crippen molar-refractivity contribution in [1.29, 1.82) is 0 Å². The van der Waals surface area contributed by atoms with Crippen LogP contribution in [0.3, 0.4) is 0 Å². The first-order valence-corrected chi connectivity index (χ1v) is 7.30. The number of hydrogen-bond acceptors (Lipinski definition) is 2. The van der Waals surface area contributed by atoms with E-state index in [9.17, 15) is 4.79 Å². The molecular formula is C15H26O2. The lowest BCUT2D eigenvalue weighted by molar-refractivity contribution is -0.128. The second-order valence-corrected chi connectivity index (χ2v) is 5.91. The number of rotatable bonds is 3. The molecule has 4 atom stereocenters. The van der Waals surface area contributed by atoms with Crippen molar-refractivity contribution in [2.24, 2.45) is 17.8 Å². The summed E-state index contributed by atoms with van der Waals surface area (Å²) in [7, 11) is 1.81. The first kappa shape index (κ1) is 13.1. The van der Waals surface area contributed by atoms with Crippen molar-refractivity contribution in [1.82, 2.24) is 0 Å². The Morgan fingerprint density at radius 3 is 2.76 bits per heavy atom. The van der Waals surface area contributed by atoms with Crippen molar-refractivity contribution in [2.45, 2.75) is 64.4 Å². The van der Waals surface area contributed by atoms with Gasteiger partial charge in [-0.3, -0.25) is 4.79 Å².